The zero-order valence-corrected chi connectivity index (χ0v) is 13.3. The molecule has 0 unspecified atom stereocenters. The van der Waals surface area contributed by atoms with E-state index in [1.165, 1.54) is 12.1 Å². The fourth-order valence-electron chi connectivity index (χ4n) is 2.20. The molecular formula is C15H22FN4OS+. The summed E-state index contributed by atoms with van der Waals surface area (Å²) < 4.78 is 18.1. The number of thiocarbonyl (C=S) groups is 1. The Hall–Kier alpha value is -1.57. The number of nitrogens with zero attached hydrogens (tertiary/aromatic N) is 1. The summed E-state index contributed by atoms with van der Waals surface area (Å²) in [5, 5.41) is 7.63. The average Bonchev–Trinajstić information content (AvgIpc) is 2.54. The molecule has 1 aromatic carbocycles. The number of hydrogen-bond donors (Lipinski definition) is 3. The lowest BCUT2D eigenvalue weighted by molar-refractivity contribution is -0.908. The van der Waals surface area contributed by atoms with Crippen LogP contribution in [0.3, 0.4) is 0 Å². The highest BCUT2D eigenvalue weighted by molar-refractivity contribution is 7.80. The van der Waals surface area contributed by atoms with Crippen molar-refractivity contribution in [2.45, 2.75) is 6.42 Å². The Morgan fingerprint density at radius 1 is 1.32 bits per heavy atom. The smallest absolute Gasteiger partial charge is 0.186 e. The van der Waals surface area contributed by atoms with Gasteiger partial charge in [0.05, 0.1) is 26.0 Å². The normalized spacial score (nSPS) is 15.9. The van der Waals surface area contributed by atoms with Gasteiger partial charge in [0, 0.05) is 13.0 Å². The molecule has 1 aromatic rings. The molecule has 0 spiro atoms. The molecule has 0 bridgehead atoms. The fourth-order valence-corrected chi connectivity index (χ4v) is 2.36. The van der Waals surface area contributed by atoms with E-state index >= 15 is 0 Å². The van der Waals surface area contributed by atoms with Crippen LogP contribution in [0.4, 0.5) is 4.39 Å². The Morgan fingerprint density at radius 2 is 2.05 bits per heavy atom. The van der Waals surface area contributed by atoms with E-state index < -0.39 is 0 Å². The summed E-state index contributed by atoms with van der Waals surface area (Å²) in [6.45, 7) is 5.84. The molecule has 0 atom stereocenters. The van der Waals surface area contributed by atoms with Gasteiger partial charge in [0.25, 0.3) is 0 Å². The Bertz CT molecular complexity index is 489. The lowest BCUT2D eigenvalue weighted by Crippen LogP contribution is -3.14. The molecule has 2 rings (SSSR count). The maximum absolute atomic E-state index is 12.7. The minimum absolute atomic E-state index is 0.260. The van der Waals surface area contributed by atoms with E-state index in [-0.39, 0.29) is 5.82 Å². The van der Waals surface area contributed by atoms with Gasteiger partial charge in [-0.1, -0.05) is 12.1 Å². The van der Waals surface area contributed by atoms with E-state index in [0.29, 0.717) is 5.11 Å². The third-order valence-corrected chi connectivity index (χ3v) is 3.68. The maximum Gasteiger partial charge on any atom is 0.186 e. The zero-order valence-electron chi connectivity index (χ0n) is 12.5. The summed E-state index contributed by atoms with van der Waals surface area (Å²) in [5.74, 6) is -0.260. The molecule has 7 heteroatoms. The fraction of sp³-hybridized carbons (Fsp3) is 0.467. The monoisotopic (exact) mass is 325 g/mol. The summed E-state index contributed by atoms with van der Waals surface area (Å²) in [6, 6.07) is 6.10. The molecule has 0 aromatic heterocycles. The van der Waals surface area contributed by atoms with E-state index in [4.69, 9.17) is 17.0 Å². The summed E-state index contributed by atoms with van der Waals surface area (Å²) >= 11 is 5.14. The van der Waals surface area contributed by atoms with E-state index in [0.717, 1.165) is 51.4 Å². The largest absolute Gasteiger partial charge is 0.370 e. The SMILES string of the molecule is Fc1ccc(/C=N\NC(=S)NCCC[NH+]2CCOCC2)cc1. The van der Waals surface area contributed by atoms with Crippen molar-refractivity contribution in [1.82, 2.24) is 10.7 Å². The minimum Gasteiger partial charge on any atom is -0.370 e. The van der Waals surface area contributed by atoms with Crippen LogP contribution < -0.4 is 15.6 Å². The Balaban J connectivity index is 1.56. The molecule has 3 N–H and O–H groups in total. The molecule has 1 aliphatic rings. The van der Waals surface area contributed by atoms with Gasteiger partial charge in [-0.25, -0.2) is 4.39 Å². The van der Waals surface area contributed by atoms with Crippen molar-refractivity contribution in [1.29, 1.82) is 0 Å². The quantitative estimate of drug-likeness (QED) is 0.297. The highest BCUT2D eigenvalue weighted by Crippen LogP contribution is 1.99. The van der Waals surface area contributed by atoms with Crippen molar-refractivity contribution in [2.75, 3.05) is 39.4 Å². The van der Waals surface area contributed by atoms with Gasteiger partial charge >= 0.3 is 0 Å². The van der Waals surface area contributed by atoms with E-state index in [1.807, 2.05) is 0 Å². The third-order valence-electron chi connectivity index (χ3n) is 3.44. The molecule has 1 saturated heterocycles. The second-order valence-electron chi connectivity index (χ2n) is 5.14. The van der Waals surface area contributed by atoms with Crippen LogP contribution in [0, 0.1) is 5.82 Å². The maximum atomic E-state index is 12.7. The second-order valence-corrected chi connectivity index (χ2v) is 5.55. The number of halogens is 1. The number of quaternary nitrogens is 1. The molecule has 1 heterocycles. The summed E-state index contributed by atoms with van der Waals surface area (Å²) in [7, 11) is 0. The molecule has 1 aliphatic heterocycles. The number of ether oxygens (including phenoxy) is 1. The van der Waals surface area contributed by atoms with Crippen molar-refractivity contribution < 1.29 is 14.0 Å². The summed E-state index contributed by atoms with van der Waals surface area (Å²) in [5.41, 5.74) is 3.57. The van der Waals surface area contributed by atoms with Crippen molar-refractivity contribution in [3.63, 3.8) is 0 Å². The van der Waals surface area contributed by atoms with Gasteiger partial charge in [-0.15, -0.1) is 0 Å². The molecule has 0 aliphatic carbocycles. The average molecular weight is 325 g/mol. The molecule has 1 fully saturated rings. The third kappa shape index (κ3) is 6.46. The van der Waals surface area contributed by atoms with Crippen LogP contribution in [-0.2, 0) is 4.74 Å². The standard InChI is InChI=1S/C15H21FN4OS/c16-14-4-2-13(3-5-14)12-18-19-15(22)17-6-1-7-20-8-10-21-11-9-20/h2-5,12H,1,6-11H2,(H2,17,19,22)/p+1/b18-12-. The zero-order chi connectivity index (χ0) is 15.6. The van der Waals surface area contributed by atoms with Gasteiger partial charge in [0.1, 0.15) is 18.9 Å². The van der Waals surface area contributed by atoms with Gasteiger partial charge in [-0.3, -0.25) is 5.43 Å². The molecule has 0 radical (unpaired) electrons. The van der Waals surface area contributed by atoms with Crippen LogP contribution in [0.25, 0.3) is 0 Å². The van der Waals surface area contributed by atoms with E-state index in [9.17, 15) is 4.39 Å². The lowest BCUT2D eigenvalue weighted by Gasteiger charge is -2.23. The summed E-state index contributed by atoms with van der Waals surface area (Å²) in [4.78, 5) is 1.58. The van der Waals surface area contributed by atoms with Gasteiger partial charge in [-0.05, 0) is 29.9 Å². The highest BCUT2D eigenvalue weighted by Gasteiger charge is 2.12. The molecule has 0 saturated carbocycles. The highest BCUT2D eigenvalue weighted by atomic mass is 32.1. The number of benzene rings is 1. The first-order valence-corrected chi connectivity index (χ1v) is 7.88. The van der Waals surface area contributed by atoms with Crippen molar-refractivity contribution >= 4 is 23.5 Å². The molecule has 22 heavy (non-hydrogen) atoms. The van der Waals surface area contributed by atoms with E-state index in [1.54, 1.807) is 23.2 Å². The first kappa shape index (κ1) is 16.8. The van der Waals surface area contributed by atoms with Gasteiger partial charge in [0.2, 0.25) is 0 Å². The Kier molecular flexibility index (Phi) is 7.21. The van der Waals surface area contributed by atoms with Crippen LogP contribution >= 0.6 is 12.2 Å². The first-order chi connectivity index (χ1) is 10.7. The van der Waals surface area contributed by atoms with Crippen LogP contribution in [-0.4, -0.2) is 50.7 Å². The van der Waals surface area contributed by atoms with Crippen LogP contribution in [0.15, 0.2) is 29.4 Å². The van der Waals surface area contributed by atoms with Gasteiger partial charge < -0.3 is 15.0 Å². The Morgan fingerprint density at radius 3 is 2.77 bits per heavy atom. The number of rotatable bonds is 6. The predicted octanol–water partition coefficient (Wildman–Crippen LogP) is -0.0711. The number of hydrogen-bond acceptors (Lipinski definition) is 3. The predicted molar refractivity (Wildman–Crippen MR) is 88.7 cm³/mol. The van der Waals surface area contributed by atoms with Crippen LogP contribution in [0.5, 0.6) is 0 Å². The first-order valence-electron chi connectivity index (χ1n) is 7.48. The lowest BCUT2D eigenvalue weighted by atomic mass is 10.2. The molecule has 5 nitrogen and oxygen atoms in total. The van der Waals surface area contributed by atoms with Crippen LogP contribution in [0.1, 0.15) is 12.0 Å². The van der Waals surface area contributed by atoms with E-state index in [2.05, 4.69) is 15.8 Å². The summed E-state index contributed by atoms with van der Waals surface area (Å²) in [6.07, 6.45) is 2.66. The van der Waals surface area contributed by atoms with Crippen molar-refractivity contribution in [3.05, 3.63) is 35.6 Å². The second kappa shape index (κ2) is 9.45. The van der Waals surface area contributed by atoms with Gasteiger partial charge in [-0.2, -0.15) is 5.10 Å². The molecular weight excluding hydrogens is 303 g/mol. The van der Waals surface area contributed by atoms with Gasteiger partial charge in [0.15, 0.2) is 5.11 Å². The number of hydrazone groups is 1. The molecule has 120 valence electrons. The topological polar surface area (TPSA) is 50.1 Å². The molecule has 0 amide bonds. The Labute approximate surface area is 135 Å². The minimum atomic E-state index is -0.260. The number of morpholine rings is 1. The number of nitrogens with one attached hydrogen (secondary N) is 3. The van der Waals surface area contributed by atoms with Crippen LogP contribution in [0.2, 0.25) is 0 Å². The van der Waals surface area contributed by atoms with Crippen molar-refractivity contribution in [3.8, 4) is 0 Å². The van der Waals surface area contributed by atoms with Crippen molar-refractivity contribution in [2.24, 2.45) is 5.10 Å².